The molecule has 3 aliphatic rings. The van der Waals surface area contributed by atoms with E-state index in [9.17, 15) is 29.7 Å². The zero-order chi connectivity index (χ0) is 25.6. The minimum atomic E-state index is -2.61. The summed E-state index contributed by atoms with van der Waals surface area (Å²) in [4.78, 5) is 46.8. The zero-order valence-electron chi connectivity index (χ0n) is 19.7. The van der Waals surface area contributed by atoms with Crippen molar-refractivity contribution in [2.75, 3.05) is 33.1 Å². The summed E-state index contributed by atoms with van der Waals surface area (Å²) in [5.41, 5.74) is 4.24. The van der Waals surface area contributed by atoms with E-state index in [0.717, 1.165) is 5.69 Å². The third-order valence-electron chi connectivity index (χ3n) is 7.50. The van der Waals surface area contributed by atoms with Crippen LogP contribution >= 0.6 is 0 Å². The first-order valence-electron chi connectivity index (χ1n) is 11.1. The van der Waals surface area contributed by atoms with Crippen LogP contribution in [0.15, 0.2) is 39.5 Å². The number of primary amides is 1. The Morgan fingerprint density at radius 3 is 2.51 bits per heavy atom. The number of nitrogens with zero attached hydrogens (tertiary/aromatic N) is 3. The smallest absolute Gasteiger partial charge is 0.255 e. The molecule has 1 aromatic heterocycles. The van der Waals surface area contributed by atoms with Gasteiger partial charge in [-0.3, -0.25) is 19.3 Å². The molecule has 1 aromatic carbocycles. The first-order chi connectivity index (χ1) is 16.4. The van der Waals surface area contributed by atoms with Crippen molar-refractivity contribution in [3.63, 3.8) is 0 Å². The number of hydrogen-bond acceptors (Lipinski definition) is 10. The number of Topliss-reactive ketones (excluding diaryl/α,β-unsaturated/α-hetero) is 2. The summed E-state index contributed by atoms with van der Waals surface area (Å²) in [5.74, 6) is -6.01. The van der Waals surface area contributed by atoms with Crippen LogP contribution in [-0.2, 0) is 16.0 Å². The summed E-state index contributed by atoms with van der Waals surface area (Å²) in [6.07, 6.45) is 1.63. The highest BCUT2D eigenvalue weighted by atomic mass is 16.4. The summed E-state index contributed by atoms with van der Waals surface area (Å²) >= 11 is 0. The average Bonchev–Trinajstić information content (AvgIpc) is 3.23. The van der Waals surface area contributed by atoms with Crippen LogP contribution in [0.1, 0.15) is 22.3 Å². The average molecular weight is 482 g/mol. The number of aliphatic hydroxyl groups is 3. The number of hydrogen-bond donors (Lipinski definition) is 4. The molecule has 3 aliphatic carbocycles. The number of benzene rings is 1. The standard InChI is InChI=1S/C24H26N4O7/c1-27(2)13-7-12-20(35-8-26-12)15-10(13)5-9-6-11-17(28(3)4)19(30)16(23(25)33)22(32)24(11,34)21(31)14(9)18(15)29/h7-9,11,17,30-31,34H,5-6H2,1-4H3,(H2,25,33)/t9-,11-,17?,24-/m0/s1. The van der Waals surface area contributed by atoms with Gasteiger partial charge in [0.2, 0.25) is 5.78 Å². The number of rotatable bonds is 3. The minimum Gasteiger partial charge on any atom is -0.510 e. The molecule has 0 bridgehead atoms. The van der Waals surface area contributed by atoms with Crippen LogP contribution in [0.5, 0.6) is 0 Å². The fraction of sp³-hybridized carbons (Fsp3) is 0.417. The van der Waals surface area contributed by atoms with Gasteiger partial charge in [0.05, 0.1) is 11.6 Å². The van der Waals surface area contributed by atoms with Gasteiger partial charge < -0.3 is 30.4 Å². The molecule has 0 fully saturated rings. The third kappa shape index (κ3) is 2.85. The van der Waals surface area contributed by atoms with Crippen LogP contribution < -0.4 is 10.6 Å². The summed E-state index contributed by atoms with van der Waals surface area (Å²) in [7, 11) is 6.89. The molecule has 0 aliphatic heterocycles. The molecule has 184 valence electrons. The maximum Gasteiger partial charge on any atom is 0.255 e. The number of anilines is 1. The topological polar surface area (TPSA) is 170 Å². The van der Waals surface area contributed by atoms with Crippen LogP contribution in [0.3, 0.4) is 0 Å². The summed E-state index contributed by atoms with van der Waals surface area (Å²) in [5, 5.41) is 33.9. The number of carbonyl (C=O) groups is 3. The van der Waals surface area contributed by atoms with Crippen LogP contribution in [-0.4, -0.2) is 82.5 Å². The molecule has 5 N–H and O–H groups in total. The van der Waals surface area contributed by atoms with E-state index in [0.29, 0.717) is 17.5 Å². The first-order valence-corrected chi connectivity index (χ1v) is 11.1. The van der Waals surface area contributed by atoms with Crippen molar-refractivity contribution in [2.45, 2.75) is 24.5 Å². The molecular formula is C24H26N4O7. The number of fused-ring (bicyclic) bond motifs is 5. The van der Waals surface area contributed by atoms with E-state index >= 15 is 0 Å². The number of oxazole rings is 1. The van der Waals surface area contributed by atoms with Gasteiger partial charge >= 0.3 is 0 Å². The second-order valence-corrected chi connectivity index (χ2v) is 9.81. The lowest BCUT2D eigenvalue weighted by Gasteiger charge is -2.50. The molecule has 2 aromatic rings. The Kier molecular flexibility index (Phi) is 4.87. The predicted molar refractivity (Wildman–Crippen MR) is 124 cm³/mol. The minimum absolute atomic E-state index is 0.0903. The SMILES string of the molecule is CN(C)c1cc2ncoc2c2c1C[C@H]1C[C@H]3C(N(C)C)C(O)=C(C(N)=O)C(=O)[C@@]3(O)C(O)=C1C2=O. The van der Waals surface area contributed by atoms with E-state index in [4.69, 9.17) is 10.2 Å². The number of ketones is 2. The molecule has 0 radical (unpaired) electrons. The van der Waals surface area contributed by atoms with Crippen molar-refractivity contribution in [3.8, 4) is 0 Å². The number of allylic oxidation sites excluding steroid dienone is 1. The fourth-order valence-electron chi connectivity index (χ4n) is 6.02. The van der Waals surface area contributed by atoms with Crippen LogP contribution in [0.25, 0.3) is 11.1 Å². The molecule has 1 amide bonds. The quantitative estimate of drug-likeness (QED) is 0.455. The lowest BCUT2D eigenvalue weighted by atomic mass is 9.58. The molecule has 11 nitrogen and oxygen atoms in total. The maximum absolute atomic E-state index is 13.9. The number of aliphatic hydroxyl groups excluding tert-OH is 2. The Bertz CT molecular complexity index is 1390. The van der Waals surface area contributed by atoms with E-state index in [1.807, 2.05) is 25.1 Å². The van der Waals surface area contributed by atoms with Gasteiger partial charge in [0.15, 0.2) is 23.4 Å². The number of amides is 1. The van der Waals surface area contributed by atoms with Crippen molar-refractivity contribution in [1.29, 1.82) is 0 Å². The van der Waals surface area contributed by atoms with E-state index < -0.39 is 58.0 Å². The Balaban J connectivity index is 1.78. The first kappa shape index (κ1) is 23.1. The van der Waals surface area contributed by atoms with Gasteiger partial charge in [0.1, 0.15) is 22.6 Å². The molecule has 0 saturated carbocycles. The van der Waals surface area contributed by atoms with Gasteiger partial charge in [-0.2, -0.15) is 0 Å². The maximum atomic E-state index is 13.9. The number of nitrogens with two attached hydrogens (primary N) is 1. The van der Waals surface area contributed by atoms with Gasteiger partial charge in [-0.05, 0) is 44.5 Å². The molecule has 0 spiro atoms. The molecule has 5 rings (SSSR count). The normalized spacial score (nSPS) is 28.3. The molecule has 1 heterocycles. The Labute approximate surface area is 200 Å². The van der Waals surface area contributed by atoms with Crippen molar-refractivity contribution < 1.29 is 34.1 Å². The predicted octanol–water partition coefficient (Wildman–Crippen LogP) is 0.622. The van der Waals surface area contributed by atoms with Crippen molar-refractivity contribution in [1.82, 2.24) is 9.88 Å². The monoisotopic (exact) mass is 482 g/mol. The van der Waals surface area contributed by atoms with E-state index in [-0.39, 0.29) is 23.1 Å². The largest absolute Gasteiger partial charge is 0.510 e. The lowest BCUT2D eigenvalue weighted by Crippen LogP contribution is -2.63. The highest BCUT2D eigenvalue weighted by molar-refractivity contribution is 6.25. The fourth-order valence-corrected chi connectivity index (χ4v) is 6.02. The van der Waals surface area contributed by atoms with E-state index in [1.165, 1.54) is 6.39 Å². The lowest BCUT2D eigenvalue weighted by molar-refractivity contribution is -0.148. The highest BCUT2D eigenvalue weighted by Gasteiger charge is 2.63. The molecule has 11 heteroatoms. The highest BCUT2D eigenvalue weighted by Crippen LogP contribution is 2.52. The van der Waals surface area contributed by atoms with Gasteiger partial charge in [-0.15, -0.1) is 0 Å². The molecule has 35 heavy (non-hydrogen) atoms. The van der Waals surface area contributed by atoms with Crippen LogP contribution in [0.2, 0.25) is 0 Å². The summed E-state index contributed by atoms with van der Waals surface area (Å²) in [6, 6.07) is 0.824. The molecule has 1 unspecified atom stereocenters. The van der Waals surface area contributed by atoms with Crippen LogP contribution in [0.4, 0.5) is 5.69 Å². The number of aromatic nitrogens is 1. The van der Waals surface area contributed by atoms with E-state index in [2.05, 4.69) is 4.98 Å². The van der Waals surface area contributed by atoms with E-state index in [1.54, 1.807) is 19.0 Å². The Morgan fingerprint density at radius 2 is 1.91 bits per heavy atom. The van der Waals surface area contributed by atoms with Crippen molar-refractivity contribution in [2.24, 2.45) is 17.6 Å². The summed E-state index contributed by atoms with van der Waals surface area (Å²) in [6.45, 7) is 0. The Hall–Kier alpha value is -3.70. The number of carbonyl (C=O) groups excluding carboxylic acids is 3. The second-order valence-electron chi connectivity index (χ2n) is 9.81. The summed E-state index contributed by atoms with van der Waals surface area (Å²) < 4.78 is 5.51. The van der Waals surface area contributed by atoms with Gasteiger partial charge in [-0.1, -0.05) is 0 Å². The zero-order valence-corrected chi connectivity index (χ0v) is 19.7. The van der Waals surface area contributed by atoms with Gasteiger partial charge in [-0.25, -0.2) is 4.98 Å². The van der Waals surface area contributed by atoms with Crippen molar-refractivity contribution in [3.05, 3.63) is 46.3 Å². The van der Waals surface area contributed by atoms with Gasteiger partial charge in [0.25, 0.3) is 5.91 Å². The Morgan fingerprint density at radius 1 is 1.23 bits per heavy atom. The third-order valence-corrected chi connectivity index (χ3v) is 7.50. The van der Waals surface area contributed by atoms with Crippen molar-refractivity contribution >= 4 is 34.3 Å². The van der Waals surface area contributed by atoms with Crippen LogP contribution in [0, 0.1) is 11.8 Å². The molecule has 4 atom stereocenters. The van der Waals surface area contributed by atoms with Gasteiger partial charge in [0, 0.05) is 31.3 Å². The number of likely N-dealkylation sites (N-methyl/N-ethyl adjacent to an activating group) is 1. The molecule has 0 saturated heterocycles. The second kappa shape index (κ2) is 7.40. The molecular weight excluding hydrogens is 456 g/mol.